The number of ether oxygens (including phenoxy) is 1. The summed E-state index contributed by atoms with van der Waals surface area (Å²) in [6.45, 7) is 16.1. The van der Waals surface area contributed by atoms with Crippen molar-refractivity contribution in [3.63, 3.8) is 0 Å². The molecule has 0 aliphatic carbocycles. The molecule has 0 N–H and O–H groups in total. The fraction of sp³-hybridized carbons (Fsp3) is 0.360. The molecule has 3 aromatic rings. The lowest BCUT2D eigenvalue weighted by Gasteiger charge is -2.25. The van der Waals surface area contributed by atoms with Gasteiger partial charge in [-0.05, 0) is 58.7 Å². The molecule has 1 heterocycles. The summed E-state index contributed by atoms with van der Waals surface area (Å²) in [6, 6.07) is 10.8. The molecule has 0 bridgehead atoms. The van der Waals surface area contributed by atoms with Gasteiger partial charge < -0.3 is 18.0 Å². The Morgan fingerprint density at radius 2 is 1.52 bits per heavy atom. The molecule has 176 valence electrons. The maximum absolute atomic E-state index is 13.9. The van der Waals surface area contributed by atoms with Crippen LogP contribution in [0.3, 0.4) is 0 Å². The minimum atomic E-state index is -2.10. The molecule has 3 rings (SSSR count). The molecule has 2 aromatic carbocycles. The number of aryl methyl sites for hydroxylation is 1. The molecule has 0 amide bonds. The number of hydrogen-bond donors (Lipinski definition) is 0. The molecule has 0 aliphatic heterocycles. The van der Waals surface area contributed by atoms with E-state index >= 15 is 0 Å². The lowest BCUT2D eigenvalue weighted by molar-refractivity contribution is 0.0492. The second-order valence-electron chi connectivity index (χ2n) is 9.85. The van der Waals surface area contributed by atoms with E-state index in [4.69, 9.17) is 18.0 Å². The first-order chi connectivity index (χ1) is 15.3. The summed E-state index contributed by atoms with van der Waals surface area (Å²) >= 11 is 0. The summed E-state index contributed by atoms with van der Waals surface area (Å²) in [6.07, 6.45) is 0. The van der Waals surface area contributed by atoms with Crippen molar-refractivity contribution in [1.29, 1.82) is 0 Å². The van der Waals surface area contributed by atoms with Gasteiger partial charge in [0.1, 0.15) is 22.5 Å². The second-order valence-corrected chi connectivity index (χ2v) is 18.7. The lowest BCUT2D eigenvalue weighted by Crippen LogP contribution is -2.31. The highest BCUT2D eigenvalue weighted by molar-refractivity contribution is 6.71. The van der Waals surface area contributed by atoms with Gasteiger partial charge in [-0.15, -0.1) is 0 Å². The molecule has 0 fully saturated rings. The van der Waals surface area contributed by atoms with Crippen molar-refractivity contribution in [3.8, 4) is 22.6 Å². The van der Waals surface area contributed by atoms with Gasteiger partial charge >= 0.3 is 5.97 Å². The van der Waals surface area contributed by atoms with Crippen LogP contribution < -0.4 is 14.3 Å². The third-order valence-electron chi connectivity index (χ3n) is 4.69. The van der Waals surface area contributed by atoms with Crippen molar-refractivity contribution >= 4 is 33.6 Å². The number of benzene rings is 2. The Bertz CT molecular complexity index is 1230. The van der Waals surface area contributed by atoms with Crippen LogP contribution in [-0.2, 0) is 4.74 Å². The maximum atomic E-state index is 13.9. The van der Waals surface area contributed by atoms with E-state index in [0.29, 0.717) is 28.0 Å². The Kier molecular flexibility index (Phi) is 6.90. The van der Waals surface area contributed by atoms with Gasteiger partial charge in [-0.25, -0.2) is 4.79 Å². The van der Waals surface area contributed by atoms with E-state index in [1.165, 1.54) is 0 Å². The highest BCUT2D eigenvalue weighted by Gasteiger charge is 2.29. The average Bonchev–Trinajstić information content (AvgIpc) is 2.69. The normalized spacial score (nSPS) is 12.0. The smallest absolute Gasteiger partial charge is 0.375 e. The third-order valence-corrected chi connectivity index (χ3v) is 6.35. The molecule has 1 aromatic heterocycles. The van der Waals surface area contributed by atoms with Gasteiger partial charge in [-0.2, -0.15) is 0 Å². The lowest BCUT2D eigenvalue weighted by atomic mass is 10.0. The van der Waals surface area contributed by atoms with Crippen LogP contribution in [0.5, 0.6) is 11.5 Å². The van der Waals surface area contributed by atoms with Crippen LogP contribution in [0.4, 0.5) is 0 Å². The molecular weight excluding hydrogens is 452 g/mol. The minimum absolute atomic E-state index is 0.118. The fourth-order valence-corrected chi connectivity index (χ4v) is 5.18. The predicted octanol–water partition coefficient (Wildman–Crippen LogP) is 6.37. The molecule has 0 radical (unpaired) electrons. The van der Waals surface area contributed by atoms with Crippen molar-refractivity contribution < 1.29 is 22.8 Å². The van der Waals surface area contributed by atoms with E-state index < -0.39 is 22.6 Å². The molecule has 0 atom stereocenters. The standard InChI is InChI=1S/C25H32O6Si2/c1-9-28-25(27)24-20(17-13-11-10-12-14-17)22(26)21-19(31-33(6,7)8)15-18(30-32(3,4)5)16(2)23(21)29-24/h10-15H,9H2,1-8H3. The summed E-state index contributed by atoms with van der Waals surface area (Å²) in [5.74, 6) is 0.219. The molecule has 6 nitrogen and oxygen atoms in total. The third kappa shape index (κ3) is 5.56. The van der Waals surface area contributed by atoms with Crippen molar-refractivity contribution in [1.82, 2.24) is 0 Å². The monoisotopic (exact) mass is 484 g/mol. The van der Waals surface area contributed by atoms with Gasteiger partial charge in [-0.1, -0.05) is 30.3 Å². The number of carbonyl (C=O) groups excluding carboxylic acids is 1. The van der Waals surface area contributed by atoms with Gasteiger partial charge in [-0.3, -0.25) is 4.79 Å². The van der Waals surface area contributed by atoms with Gasteiger partial charge in [0.2, 0.25) is 27.8 Å². The van der Waals surface area contributed by atoms with Crippen molar-refractivity contribution in [2.45, 2.75) is 53.1 Å². The first kappa shape index (κ1) is 24.8. The first-order valence-electron chi connectivity index (χ1n) is 11.1. The van der Waals surface area contributed by atoms with Crippen LogP contribution >= 0.6 is 0 Å². The van der Waals surface area contributed by atoms with E-state index in [-0.39, 0.29) is 28.9 Å². The SMILES string of the molecule is CCOC(=O)c1oc2c(C)c(O[Si](C)(C)C)cc(O[Si](C)(C)C)c2c(=O)c1-c1ccccc1. The zero-order chi connectivity index (χ0) is 24.6. The molecule has 0 saturated carbocycles. The fourth-order valence-electron chi connectivity index (χ4n) is 3.49. The zero-order valence-corrected chi connectivity index (χ0v) is 22.6. The van der Waals surface area contributed by atoms with E-state index in [1.807, 2.05) is 44.8 Å². The van der Waals surface area contributed by atoms with Crippen molar-refractivity contribution in [3.05, 3.63) is 57.9 Å². The quantitative estimate of drug-likeness (QED) is 0.286. The Labute approximate surface area is 196 Å². The second kappa shape index (κ2) is 9.19. The highest BCUT2D eigenvalue weighted by atomic mass is 28.4. The molecule has 0 aliphatic rings. The molecular formula is C25H32O6Si2. The minimum Gasteiger partial charge on any atom is -0.544 e. The van der Waals surface area contributed by atoms with E-state index in [9.17, 15) is 9.59 Å². The summed E-state index contributed by atoms with van der Waals surface area (Å²) in [4.78, 5) is 26.8. The largest absolute Gasteiger partial charge is 0.544 e. The van der Waals surface area contributed by atoms with Gasteiger partial charge in [0.25, 0.3) is 0 Å². The Morgan fingerprint density at radius 1 is 0.939 bits per heavy atom. The van der Waals surface area contributed by atoms with E-state index in [2.05, 4.69) is 19.6 Å². The Morgan fingerprint density at radius 3 is 2.06 bits per heavy atom. The molecule has 8 heteroatoms. The molecule has 0 spiro atoms. The molecule has 33 heavy (non-hydrogen) atoms. The summed E-state index contributed by atoms with van der Waals surface area (Å²) < 4.78 is 24.1. The van der Waals surface area contributed by atoms with Crippen LogP contribution in [0.1, 0.15) is 23.0 Å². The number of hydrogen-bond acceptors (Lipinski definition) is 6. The van der Waals surface area contributed by atoms with Crippen LogP contribution in [0.2, 0.25) is 39.3 Å². The number of esters is 1. The highest BCUT2D eigenvalue weighted by Crippen LogP contribution is 2.38. The molecule has 0 unspecified atom stereocenters. The first-order valence-corrected chi connectivity index (χ1v) is 17.9. The Hall–Kier alpha value is -2.85. The van der Waals surface area contributed by atoms with Crippen LogP contribution in [-0.4, -0.2) is 29.2 Å². The maximum Gasteiger partial charge on any atom is 0.375 e. The van der Waals surface area contributed by atoms with Gasteiger partial charge in [0, 0.05) is 11.6 Å². The van der Waals surface area contributed by atoms with E-state index in [1.54, 1.807) is 25.1 Å². The zero-order valence-electron chi connectivity index (χ0n) is 20.6. The van der Waals surface area contributed by atoms with Crippen LogP contribution in [0.25, 0.3) is 22.1 Å². The Balaban J connectivity index is 2.48. The molecule has 0 saturated heterocycles. The van der Waals surface area contributed by atoms with Crippen molar-refractivity contribution in [2.75, 3.05) is 6.61 Å². The van der Waals surface area contributed by atoms with Crippen LogP contribution in [0.15, 0.2) is 45.6 Å². The summed E-state index contributed by atoms with van der Waals surface area (Å²) in [5, 5.41) is 0.310. The summed E-state index contributed by atoms with van der Waals surface area (Å²) in [5.41, 5.74) is 1.35. The number of rotatable bonds is 7. The summed E-state index contributed by atoms with van der Waals surface area (Å²) in [7, 11) is -4.08. The average molecular weight is 485 g/mol. The number of carbonyl (C=O) groups is 1. The van der Waals surface area contributed by atoms with Gasteiger partial charge in [0.15, 0.2) is 0 Å². The van der Waals surface area contributed by atoms with E-state index in [0.717, 1.165) is 0 Å². The topological polar surface area (TPSA) is 75.0 Å². The predicted molar refractivity (Wildman–Crippen MR) is 137 cm³/mol. The van der Waals surface area contributed by atoms with Crippen LogP contribution in [0, 0.1) is 6.92 Å². The van der Waals surface area contributed by atoms with Crippen molar-refractivity contribution in [2.24, 2.45) is 0 Å². The van der Waals surface area contributed by atoms with Gasteiger partial charge in [0.05, 0.1) is 12.2 Å². The number of fused-ring (bicyclic) bond motifs is 1.